The zero-order valence-corrected chi connectivity index (χ0v) is 12.6. The van der Waals surface area contributed by atoms with Gasteiger partial charge in [0.25, 0.3) is 0 Å². The van der Waals surface area contributed by atoms with Gasteiger partial charge in [-0.2, -0.15) is 5.10 Å². The number of aryl methyl sites for hydroxylation is 2. The molecule has 2 rings (SSSR count). The minimum Gasteiger partial charge on any atom is -0.271 e. The van der Waals surface area contributed by atoms with Crippen LogP contribution in [0.15, 0.2) is 24.5 Å². The first-order chi connectivity index (χ1) is 9.54. The second kappa shape index (κ2) is 6.15. The minimum absolute atomic E-state index is 0.0397. The molecule has 0 amide bonds. The van der Waals surface area contributed by atoms with Crippen molar-refractivity contribution in [2.75, 3.05) is 0 Å². The molecule has 1 aromatic carbocycles. The van der Waals surface area contributed by atoms with E-state index in [0.29, 0.717) is 6.04 Å². The summed E-state index contributed by atoms with van der Waals surface area (Å²) in [5.74, 6) is 6.73. The Morgan fingerprint density at radius 3 is 2.45 bits per heavy atom. The lowest BCUT2D eigenvalue weighted by Crippen LogP contribution is -2.31. The van der Waals surface area contributed by atoms with Crippen LogP contribution in [0.1, 0.15) is 48.4 Å². The molecule has 3 N–H and O–H groups in total. The Morgan fingerprint density at radius 1 is 1.25 bits per heavy atom. The number of nitrogens with two attached hydrogens (primary N) is 1. The number of nitrogens with one attached hydrogen (secondary N) is 1. The highest BCUT2D eigenvalue weighted by Gasteiger charge is 2.19. The van der Waals surface area contributed by atoms with Gasteiger partial charge in [0.1, 0.15) is 12.2 Å². The quantitative estimate of drug-likeness (QED) is 0.647. The maximum atomic E-state index is 5.78. The molecule has 0 aliphatic carbocycles. The molecule has 1 unspecified atom stereocenters. The fourth-order valence-electron chi connectivity index (χ4n) is 2.66. The Balaban J connectivity index is 2.32. The van der Waals surface area contributed by atoms with Gasteiger partial charge in [-0.1, -0.05) is 18.2 Å². The molecule has 2 aromatic rings. The number of nitrogens with zero attached hydrogens (tertiary/aromatic N) is 3. The summed E-state index contributed by atoms with van der Waals surface area (Å²) in [5, 5.41) is 4.28. The van der Waals surface area contributed by atoms with E-state index in [2.05, 4.69) is 61.4 Å². The molecule has 0 aliphatic heterocycles. The van der Waals surface area contributed by atoms with E-state index in [9.17, 15) is 0 Å². The maximum Gasteiger partial charge on any atom is 0.138 e. The Labute approximate surface area is 120 Å². The molecule has 0 saturated carbocycles. The molecular formula is C15H23N5. The number of hydrogen-bond donors (Lipinski definition) is 2. The van der Waals surface area contributed by atoms with Gasteiger partial charge in [0.05, 0.1) is 6.04 Å². The zero-order chi connectivity index (χ0) is 14.7. The normalized spacial score (nSPS) is 12.9. The Morgan fingerprint density at radius 2 is 1.90 bits per heavy atom. The lowest BCUT2D eigenvalue weighted by Gasteiger charge is -2.21. The van der Waals surface area contributed by atoms with Crippen LogP contribution in [0.3, 0.4) is 0 Å². The number of rotatable bonds is 5. The molecule has 0 saturated heterocycles. The summed E-state index contributed by atoms with van der Waals surface area (Å²) in [6.07, 6.45) is 2.33. The van der Waals surface area contributed by atoms with Crippen molar-refractivity contribution < 1.29 is 0 Å². The molecular weight excluding hydrogens is 250 g/mol. The van der Waals surface area contributed by atoms with E-state index in [4.69, 9.17) is 5.84 Å². The fraction of sp³-hybridized carbons (Fsp3) is 0.467. The second-order valence-corrected chi connectivity index (χ2v) is 5.44. The predicted molar refractivity (Wildman–Crippen MR) is 80.1 cm³/mol. The van der Waals surface area contributed by atoms with Crippen LogP contribution >= 0.6 is 0 Å². The van der Waals surface area contributed by atoms with Crippen molar-refractivity contribution in [3.05, 3.63) is 47.0 Å². The van der Waals surface area contributed by atoms with Crippen LogP contribution < -0.4 is 11.3 Å². The topological polar surface area (TPSA) is 68.8 Å². The molecule has 1 heterocycles. The average Bonchev–Trinajstić information content (AvgIpc) is 2.85. The van der Waals surface area contributed by atoms with Crippen LogP contribution in [0.5, 0.6) is 0 Å². The SMILES string of the molecule is Cc1cccc(C)c1C(Cc1ncnn1C(C)C)NN. The minimum atomic E-state index is 0.0397. The monoisotopic (exact) mass is 273 g/mol. The highest BCUT2D eigenvalue weighted by atomic mass is 15.3. The Hall–Kier alpha value is -1.72. The van der Waals surface area contributed by atoms with E-state index in [1.165, 1.54) is 16.7 Å². The fourth-order valence-corrected chi connectivity index (χ4v) is 2.66. The molecule has 0 aliphatic rings. The Bertz CT molecular complexity index is 553. The van der Waals surface area contributed by atoms with Crippen molar-refractivity contribution in [1.29, 1.82) is 0 Å². The van der Waals surface area contributed by atoms with Gasteiger partial charge in [-0.25, -0.2) is 9.67 Å². The number of aromatic nitrogens is 3. The van der Waals surface area contributed by atoms with Gasteiger partial charge >= 0.3 is 0 Å². The zero-order valence-electron chi connectivity index (χ0n) is 12.6. The van der Waals surface area contributed by atoms with Crippen LogP contribution in [-0.2, 0) is 6.42 Å². The molecule has 1 atom stereocenters. The largest absolute Gasteiger partial charge is 0.271 e. The predicted octanol–water partition coefficient (Wildman–Crippen LogP) is 2.22. The summed E-state index contributed by atoms with van der Waals surface area (Å²) >= 11 is 0. The van der Waals surface area contributed by atoms with Crippen LogP contribution in [0.2, 0.25) is 0 Å². The van der Waals surface area contributed by atoms with Crippen molar-refractivity contribution >= 4 is 0 Å². The van der Waals surface area contributed by atoms with Gasteiger partial charge < -0.3 is 0 Å². The molecule has 0 radical (unpaired) electrons. The van der Waals surface area contributed by atoms with Crippen molar-refractivity contribution in [3.8, 4) is 0 Å². The summed E-state index contributed by atoms with van der Waals surface area (Å²) in [6, 6.07) is 6.62. The van der Waals surface area contributed by atoms with Crippen molar-refractivity contribution in [3.63, 3.8) is 0 Å². The smallest absolute Gasteiger partial charge is 0.138 e. The van der Waals surface area contributed by atoms with Crippen molar-refractivity contribution in [2.24, 2.45) is 5.84 Å². The summed E-state index contributed by atoms with van der Waals surface area (Å²) in [6.45, 7) is 8.42. The van der Waals surface area contributed by atoms with E-state index >= 15 is 0 Å². The summed E-state index contributed by atoms with van der Waals surface area (Å²) < 4.78 is 1.94. The van der Waals surface area contributed by atoms with Crippen LogP contribution in [0.25, 0.3) is 0 Å². The van der Waals surface area contributed by atoms with E-state index in [0.717, 1.165) is 12.2 Å². The van der Waals surface area contributed by atoms with E-state index in [1.807, 2.05) is 4.68 Å². The molecule has 0 bridgehead atoms. The van der Waals surface area contributed by atoms with Crippen LogP contribution in [-0.4, -0.2) is 14.8 Å². The lowest BCUT2D eigenvalue weighted by atomic mass is 9.94. The van der Waals surface area contributed by atoms with Gasteiger partial charge in [0.2, 0.25) is 0 Å². The highest BCUT2D eigenvalue weighted by Crippen LogP contribution is 2.24. The van der Waals surface area contributed by atoms with Crippen molar-refractivity contribution in [2.45, 2.75) is 46.2 Å². The summed E-state index contributed by atoms with van der Waals surface area (Å²) in [4.78, 5) is 4.37. The molecule has 0 spiro atoms. The van der Waals surface area contributed by atoms with Crippen LogP contribution in [0, 0.1) is 13.8 Å². The molecule has 108 valence electrons. The standard InChI is InChI=1S/C15H23N5/c1-10(2)20-14(17-9-18-20)8-13(19-16)15-11(3)6-5-7-12(15)4/h5-7,9-10,13,19H,8,16H2,1-4H3. The number of hydrogen-bond acceptors (Lipinski definition) is 4. The third-order valence-electron chi connectivity index (χ3n) is 3.61. The molecule has 5 nitrogen and oxygen atoms in total. The second-order valence-electron chi connectivity index (χ2n) is 5.44. The van der Waals surface area contributed by atoms with Gasteiger partial charge in [0.15, 0.2) is 0 Å². The molecule has 5 heteroatoms. The number of hydrazine groups is 1. The lowest BCUT2D eigenvalue weighted by molar-refractivity contribution is 0.467. The molecule has 1 aromatic heterocycles. The summed E-state index contributed by atoms with van der Waals surface area (Å²) in [7, 11) is 0. The first-order valence-corrected chi connectivity index (χ1v) is 6.95. The van der Waals surface area contributed by atoms with Gasteiger partial charge in [0, 0.05) is 12.5 Å². The molecule has 20 heavy (non-hydrogen) atoms. The van der Waals surface area contributed by atoms with Crippen LogP contribution in [0.4, 0.5) is 0 Å². The van der Waals surface area contributed by atoms with Crippen molar-refractivity contribution in [1.82, 2.24) is 20.2 Å². The Kier molecular flexibility index (Phi) is 4.52. The summed E-state index contributed by atoms with van der Waals surface area (Å²) in [5.41, 5.74) is 6.65. The van der Waals surface area contributed by atoms with E-state index < -0.39 is 0 Å². The first-order valence-electron chi connectivity index (χ1n) is 6.95. The van der Waals surface area contributed by atoms with Gasteiger partial charge in [-0.15, -0.1) is 0 Å². The first kappa shape index (κ1) is 14.7. The highest BCUT2D eigenvalue weighted by molar-refractivity contribution is 5.36. The van der Waals surface area contributed by atoms with E-state index in [-0.39, 0.29) is 6.04 Å². The average molecular weight is 273 g/mol. The third-order valence-corrected chi connectivity index (χ3v) is 3.61. The van der Waals surface area contributed by atoms with Gasteiger partial charge in [-0.3, -0.25) is 11.3 Å². The third kappa shape index (κ3) is 2.89. The molecule has 0 fully saturated rings. The number of benzene rings is 1. The maximum absolute atomic E-state index is 5.78. The van der Waals surface area contributed by atoms with E-state index in [1.54, 1.807) is 6.33 Å². The van der Waals surface area contributed by atoms with Gasteiger partial charge in [-0.05, 0) is 44.4 Å².